The molecule has 1 rings (SSSR count). The van der Waals surface area contributed by atoms with Gasteiger partial charge in [0.1, 0.15) is 0 Å². The van der Waals surface area contributed by atoms with Gasteiger partial charge in [-0.3, -0.25) is 4.79 Å². The molecule has 0 aliphatic carbocycles. The lowest BCUT2D eigenvalue weighted by molar-refractivity contribution is -0.109. The van der Waals surface area contributed by atoms with Crippen molar-refractivity contribution in [1.82, 2.24) is 0 Å². The summed E-state index contributed by atoms with van der Waals surface area (Å²) in [5, 5.41) is -0.299. The minimum Gasteiger partial charge on any atom is -0.280 e. The molecule has 13 heavy (non-hydrogen) atoms. The largest absolute Gasteiger partial charge is 0.280 e. The molecule has 0 heterocycles. The molecule has 1 nitrogen and oxygen atoms in total. The van der Waals surface area contributed by atoms with Gasteiger partial charge in [-0.1, -0.05) is 19.1 Å². The van der Waals surface area contributed by atoms with E-state index in [1.807, 2.05) is 12.1 Å². The number of benzene rings is 1. The standard InChI is InChI=1S/C10H11ClOS/c1-2-8-4-3-5-9(6-8)13-7-10(11)12/h3-6H,2,7H2,1H3. The Balaban J connectivity index is 2.61. The van der Waals surface area contributed by atoms with Gasteiger partial charge in [0.05, 0.1) is 5.75 Å². The fourth-order valence-corrected chi connectivity index (χ4v) is 1.85. The molecule has 0 spiro atoms. The van der Waals surface area contributed by atoms with Crippen molar-refractivity contribution in [3.8, 4) is 0 Å². The van der Waals surface area contributed by atoms with Crippen LogP contribution in [0.5, 0.6) is 0 Å². The van der Waals surface area contributed by atoms with Gasteiger partial charge in [-0.25, -0.2) is 0 Å². The quantitative estimate of drug-likeness (QED) is 0.566. The highest BCUT2D eigenvalue weighted by Gasteiger charge is 1.99. The predicted molar refractivity (Wildman–Crippen MR) is 57.4 cm³/mol. The number of carbonyl (C=O) groups is 1. The topological polar surface area (TPSA) is 17.1 Å². The third kappa shape index (κ3) is 3.83. The smallest absolute Gasteiger partial charge is 0.231 e. The summed E-state index contributed by atoms with van der Waals surface area (Å²) in [7, 11) is 0. The zero-order chi connectivity index (χ0) is 9.68. The van der Waals surface area contributed by atoms with Crippen molar-refractivity contribution >= 4 is 28.6 Å². The summed E-state index contributed by atoms with van der Waals surface area (Å²) in [5.41, 5.74) is 1.28. The zero-order valence-corrected chi connectivity index (χ0v) is 8.99. The number of hydrogen-bond donors (Lipinski definition) is 0. The number of thioether (sulfide) groups is 1. The van der Waals surface area contributed by atoms with E-state index in [0.717, 1.165) is 11.3 Å². The van der Waals surface area contributed by atoms with Crippen LogP contribution in [0.1, 0.15) is 12.5 Å². The molecule has 1 aromatic rings. The van der Waals surface area contributed by atoms with Crippen LogP contribution in [-0.2, 0) is 11.2 Å². The molecular weight excluding hydrogens is 204 g/mol. The molecule has 0 radical (unpaired) electrons. The summed E-state index contributed by atoms with van der Waals surface area (Å²) in [6, 6.07) is 8.15. The van der Waals surface area contributed by atoms with Gasteiger partial charge in [0.15, 0.2) is 0 Å². The first-order valence-electron chi connectivity index (χ1n) is 4.12. The van der Waals surface area contributed by atoms with Crippen molar-refractivity contribution in [2.75, 3.05) is 5.75 Å². The highest BCUT2D eigenvalue weighted by atomic mass is 35.5. The molecule has 0 fully saturated rings. The van der Waals surface area contributed by atoms with Crippen LogP contribution in [0.25, 0.3) is 0 Å². The molecule has 0 unspecified atom stereocenters. The van der Waals surface area contributed by atoms with Crippen LogP contribution in [0.3, 0.4) is 0 Å². The maximum atomic E-state index is 10.5. The lowest BCUT2D eigenvalue weighted by Gasteiger charge is -2.00. The Bertz CT molecular complexity index is 299. The van der Waals surface area contributed by atoms with Crippen LogP contribution in [-0.4, -0.2) is 11.0 Å². The van der Waals surface area contributed by atoms with Crippen molar-refractivity contribution in [2.45, 2.75) is 18.2 Å². The monoisotopic (exact) mass is 214 g/mol. The second kappa shape index (κ2) is 5.30. The molecule has 0 aromatic heterocycles. The summed E-state index contributed by atoms with van der Waals surface area (Å²) in [4.78, 5) is 11.6. The Morgan fingerprint density at radius 2 is 2.31 bits per heavy atom. The Hall–Kier alpha value is -0.470. The first kappa shape index (κ1) is 10.6. The molecular formula is C10H11ClOS. The summed E-state index contributed by atoms with van der Waals surface area (Å²) in [5.74, 6) is 0.342. The summed E-state index contributed by atoms with van der Waals surface area (Å²) in [6.45, 7) is 2.11. The van der Waals surface area contributed by atoms with Gasteiger partial charge in [-0.15, -0.1) is 11.8 Å². The van der Waals surface area contributed by atoms with Crippen molar-refractivity contribution in [3.63, 3.8) is 0 Å². The highest BCUT2D eigenvalue weighted by Crippen LogP contribution is 2.19. The van der Waals surface area contributed by atoms with E-state index in [9.17, 15) is 4.79 Å². The second-order valence-corrected chi connectivity index (χ2v) is 4.12. The number of rotatable bonds is 4. The third-order valence-electron chi connectivity index (χ3n) is 1.66. The van der Waals surface area contributed by atoms with E-state index >= 15 is 0 Å². The van der Waals surface area contributed by atoms with Crippen LogP contribution in [0.15, 0.2) is 29.2 Å². The van der Waals surface area contributed by atoms with E-state index in [1.54, 1.807) is 0 Å². The molecule has 0 saturated carbocycles. The zero-order valence-electron chi connectivity index (χ0n) is 7.42. The van der Waals surface area contributed by atoms with Gasteiger partial charge in [0.25, 0.3) is 0 Å². The van der Waals surface area contributed by atoms with E-state index in [2.05, 4.69) is 19.1 Å². The number of hydrogen-bond acceptors (Lipinski definition) is 2. The van der Waals surface area contributed by atoms with Gasteiger partial charge in [0.2, 0.25) is 5.24 Å². The first-order chi connectivity index (χ1) is 6.22. The van der Waals surface area contributed by atoms with Gasteiger partial charge in [-0.2, -0.15) is 0 Å². The summed E-state index contributed by atoms with van der Waals surface area (Å²) < 4.78 is 0. The van der Waals surface area contributed by atoms with E-state index < -0.39 is 0 Å². The minimum atomic E-state index is -0.299. The van der Waals surface area contributed by atoms with Crippen LogP contribution >= 0.6 is 23.4 Å². The molecule has 3 heteroatoms. The molecule has 0 aliphatic heterocycles. The minimum absolute atomic E-state index is 0.299. The molecule has 0 N–H and O–H groups in total. The highest BCUT2D eigenvalue weighted by molar-refractivity contribution is 8.00. The van der Waals surface area contributed by atoms with Crippen LogP contribution in [0, 0.1) is 0 Å². The van der Waals surface area contributed by atoms with Gasteiger partial charge in [0, 0.05) is 4.90 Å². The molecule has 0 bridgehead atoms. The van der Waals surface area contributed by atoms with E-state index in [1.165, 1.54) is 17.3 Å². The number of halogens is 1. The van der Waals surface area contributed by atoms with Crippen LogP contribution in [0.2, 0.25) is 0 Å². The maximum Gasteiger partial charge on any atom is 0.231 e. The van der Waals surface area contributed by atoms with Crippen molar-refractivity contribution in [2.24, 2.45) is 0 Å². The third-order valence-corrected chi connectivity index (χ3v) is 2.94. The van der Waals surface area contributed by atoms with Crippen molar-refractivity contribution in [3.05, 3.63) is 29.8 Å². The van der Waals surface area contributed by atoms with E-state index in [0.29, 0.717) is 5.75 Å². The SMILES string of the molecule is CCc1cccc(SCC(=O)Cl)c1. The van der Waals surface area contributed by atoms with Crippen molar-refractivity contribution in [1.29, 1.82) is 0 Å². The Morgan fingerprint density at radius 1 is 1.54 bits per heavy atom. The van der Waals surface area contributed by atoms with Crippen LogP contribution in [0.4, 0.5) is 0 Å². The second-order valence-electron chi connectivity index (χ2n) is 2.64. The Morgan fingerprint density at radius 3 is 2.92 bits per heavy atom. The Kier molecular flexibility index (Phi) is 4.33. The average Bonchev–Trinajstić information content (AvgIpc) is 2.15. The summed E-state index contributed by atoms with van der Waals surface area (Å²) in [6.07, 6.45) is 1.02. The molecule has 0 saturated heterocycles. The van der Waals surface area contributed by atoms with E-state index in [-0.39, 0.29) is 5.24 Å². The lowest BCUT2D eigenvalue weighted by Crippen LogP contribution is -1.89. The fraction of sp³-hybridized carbons (Fsp3) is 0.300. The van der Waals surface area contributed by atoms with Gasteiger partial charge >= 0.3 is 0 Å². The molecule has 0 atom stereocenters. The summed E-state index contributed by atoms with van der Waals surface area (Å²) >= 11 is 6.72. The first-order valence-corrected chi connectivity index (χ1v) is 5.49. The van der Waals surface area contributed by atoms with E-state index in [4.69, 9.17) is 11.6 Å². The number of carbonyl (C=O) groups excluding carboxylic acids is 1. The molecule has 0 aliphatic rings. The molecule has 70 valence electrons. The maximum absolute atomic E-state index is 10.5. The van der Waals surface area contributed by atoms with Crippen molar-refractivity contribution < 1.29 is 4.79 Å². The Labute approximate surface area is 87.5 Å². The lowest BCUT2D eigenvalue weighted by atomic mass is 10.2. The van der Waals surface area contributed by atoms with Crippen LogP contribution < -0.4 is 0 Å². The predicted octanol–water partition coefficient (Wildman–Crippen LogP) is 3.11. The van der Waals surface area contributed by atoms with Gasteiger partial charge in [-0.05, 0) is 35.7 Å². The number of aryl methyl sites for hydroxylation is 1. The molecule has 0 amide bonds. The normalized spacial score (nSPS) is 10.0. The van der Waals surface area contributed by atoms with Gasteiger partial charge < -0.3 is 0 Å². The average molecular weight is 215 g/mol. The molecule has 1 aromatic carbocycles. The fourth-order valence-electron chi connectivity index (χ4n) is 0.995.